The molecule has 0 aliphatic rings. The lowest BCUT2D eigenvalue weighted by Gasteiger charge is -2.16. The zero-order valence-electron chi connectivity index (χ0n) is 11.5. The Kier molecular flexibility index (Phi) is 7.86. The summed E-state index contributed by atoms with van der Waals surface area (Å²) in [6.45, 7) is 8.57. The maximum Gasteiger partial charge on any atom is 0.0915 e. The fourth-order valence-corrected chi connectivity index (χ4v) is 2.43. The summed E-state index contributed by atoms with van der Waals surface area (Å²) >= 11 is 2.37. The molecular weight excluding hydrogens is 339 g/mol. The van der Waals surface area contributed by atoms with Crippen LogP contribution in [-0.2, 0) is 9.47 Å². The molecule has 2 nitrogen and oxygen atoms in total. The molecule has 0 amide bonds. The standard InChI is InChI=1S/C15H23IO2/c1-12(2)11-17-7-8-18-15(10-16)14-6-4-5-13(3)9-14/h4-6,9,12,15H,7-8,10-11H2,1-3H3. The van der Waals surface area contributed by atoms with Gasteiger partial charge in [0.2, 0.25) is 0 Å². The third-order valence-corrected chi connectivity index (χ3v) is 3.35. The van der Waals surface area contributed by atoms with E-state index in [4.69, 9.17) is 9.47 Å². The predicted molar refractivity (Wildman–Crippen MR) is 84.4 cm³/mol. The summed E-state index contributed by atoms with van der Waals surface area (Å²) in [7, 11) is 0. The zero-order chi connectivity index (χ0) is 13.4. The van der Waals surface area contributed by atoms with Crippen LogP contribution in [0.1, 0.15) is 31.1 Å². The second kappa shape index (κ2) is 8.88. The molecule has 1 aromatic rings. The molecule has 3 heteroatoms. The van der Waals surface area contributed by atoms with Crippen molar-refractivity contribution in [2.75, 3.05) is 24.2 Å². The number of ether oxygens (including phenoxy) is 2. The van der Waals surface area contributed by atoms with Gasteiger partial charge in [0.05, 0.1) is 19.3 Å². The summed E-state index contributed by atoms with van der Waals surface area (Å²) in [5.74, 6) is 0.585. The van der Waals surface area contributed by atoms with E-state index in [-0.39, 0.29) is 6.10 Å². The maximum atomic E-state index is 5.88. The van der Waals surface area contributed by atoms with Gasteiger partial charge >= 0.3 is 0 Å². The molecule has 0 N–H and O–H groups in total. The lowest BCUT2D eigenvalue weighted by molar-refractivity contribution is 0.00818. The Morgan fingerprint density at radius 1 is 1.22 bits per heavy atom. The molecule has 0 aliphatic heterocycles. The third-order valence-electron chi connectivity index (χ3n) is 2.55. The van der Waals surface area contributed by atoms with Gasteiger partial charge < -0.3 is 9.47 Å². The van der Waals surface area contributed by atoms with Crippen LogP contribution in [0, 0.1) is 12.8 Å². The van der Waals surface area contributed by atoms with Crippen LogP contribution in [0.2, 0.25) is 0 Å². The van der Waals surface area contributed by atoms with Gasteiger partial charge in [0, 0.05) is 11.0 Å². The van der Waals surface area contributed by atoms with Gasteiger partial charge in [0.1, 0.15) is 0 Å². The molecule has 1 aromatic carbocycles. The normalized spacial score (nSPS) is 12.9. The van der Waals surface area contributed by atoms with Crippen molar-refractivity contribution in [1.29, 1.82) is 0 Å². The Morgan fingerprint density at radius 3 is 2.61 bits per heavy atom. The van der Waals surface area contributed by atoms with Crippen molar-refractivity contribution in [2.45, 2.75) is 26.9 Å². The Morgan fingerprint density at radius 2 is 2.00 bits per heavy atom. The number of halogens is 1. The minimum absolute atomic E-state index is 0.174. The quantitative estimate of drug-likeness (QED) is 0.393. The molecular formula is C15H23IO2. The molecule has 1 rings (SSSR count). The van der Waals surface area contributed by atoms with Crippen molar-refractivity contribution in [3.05, 3.63) is 35.4 Å². The zero-order valence-corrected chi connectivity index (χ0v) is 13.6. The molecule has 0 spiro atoms. The largest absolute Gasteiger partial charge is 0.379 e. The van der Waals surface area contributed by atoms with Gasteiger partial charge in [-0.3, -0.25) is 0 Å². The molecule has 18 heavy (non-hydrogen) atoms. The average molecular weight is 362 g/mol. The lowest BCUT2D eigenvalue weighted by atomic mass is 10.1. The van der Waals surface area contributed by atoms with Crippen LogP contribution in [0.3, 0.4) is 0 Å². The Hall–Kier alpha value is -0.130. The van der Waals surface area contributed by atoms with Gasteiger partial charge in [0.25, 0.3) is 0 Å². The highest BCUT2D eigenvalue weighted by Gasteiger charge is 2.10. The molecule has 0 fully saturated rings. The van der Waals surface area contributed by atoms with Gasteiger partial charge in [-0.15, -0.1) is 0 Å². The van der Waals surface area contributed by atoms with Crippen LogP contribution in [-0.4, -0.2) is 24.2 Å². The monoisotopic (exact) mass is 362 g/mol. The van der Waals surface area contributed by atoms with E-state index < -0.39 is 0 Å². The second-order valence-electron chi connectivity index (χ2n) is 4.90. The number of aryl methyl sites for hydroxylation is 1. The minimum Gasteiger partial charge on any atom is -0.379 e. The minimum atomic E-state index is 0.174. The van der Waals surface area contributed by atoms with Gasteiger partial charge in [-0.1, -0.05) is 66.3 Å². The van der Waals surface area contributed by atoms with Crippen molar-refractivity contribution in [3.8, 4) is 0 Å². The average Bonchev–Trinajstić information content (AvgIpc) is 2.33. The Bertz CT molecular complexity index is 339. The van der Waals surface area contributed by atoms with E-state index in [1.807, 2.05) is 0 Å². The Balaban J connectivity index is 2.34. The van der Waals surface area contributed by atoms with Crippen LogP contribution in [0.4, 0.5) is 0 Å². The molecule has 0 radical (unpaired) electrons. The summed E-state index contributed by atoms with van der Waals surface area (Å²) in [6, 6.07) is 8.52. The van der Waals surface area contributed by atoms with Gasteiger partial charge in [-0.05, 0) is 18.4 Å². The predicted octanol–water partition coefficient (Wildman–Crippen LogP) is 4.16. The van der Waals surface area contributed by atoms with E-state index in [0.29, 0.717) is 19.1 Å². The smallest absolute Gasteiger partial charge is 0.0915 e. The van der Waals surface area contributed by atoms with Crippen molar-refractivity contribution in [2.24, 2.45) is 5.92 Å². The molecule has 102 valence electrons. The van der Waals surface area contributed by atoms with Gasteiger partial charge in [0.15, 0.2) is 0 Å². The Labute approximate surface area is 124 Å². The number of alkyl halides is 1. The molecule has 0 saturated carbocycles. The van der Waals surface area contributed by atoms with Crippen molar-refractivity contribution >= 4 is 22.6 Å². The van der Waals surface area contributed by atoms with Crippen LogP contribution < -0.4 is 0 Å². The van der Waals surface area contributed by atoms with E-state index in [0.717, 1.165) is 11.0 Å². The molecule has 0 bridgehead atoms. The topological polar surface area (TPSA) is 18.5 Å². The first-order valence-electron chi connectivity index (χ1n) is 6.45. The highest BCUT2D eigenvalue weighted by atomic mass is 127. The SMILES string of the molecule is Cc1cccc(C(CI)OCCOCC(C)C)c1. The van der Waals surface area contributed by atoms with Crippen LogP contribution in [0.15, 0.2) is 24.3 Å². The van der Waals surface area contributed by atoms with Crippen molar-refractivity contribution < 1.29 is 9.47 Å². The summed E-state index contributed by atoms with van der Waals surface area (Å²) < 4.78 is 12.4. The third kappa shape index (κ3) is 6.16. The summed E-state index contributed by atoms with van der Waals surface area (Å²) in [5.41, 5.74) is 2.54. The van der Waals surface area contributed by atoms with E-state index in [1.165, 1.54) is 11.1 Å². The number of rotatable bonds is 8. The van der Waals surface area contributed by atoms with Crippen molar-refractivity contribution in [1.82, 2.24) is 0 Å². The summed E-state index contributed by atoms with van der Waals surface area (Å²) in [5, 5.41) is 0. The first kappa shape index (κ1) is 15.9. The second-order valence-corrected chi connectivity index (χ2v) is 5.78. The fourth-order valence-electron chi connectivity index (χ4n) is 1.67. The van der Waals surface area contributed by atoms with E-state index in [2.05, 4.69) is 67.6 Å². The first-order chi connectivity index (χ1) is 8.63. The van der Waals surface area contributed by atoms with Gasteiger partial charge in [-0.25, -0.2) is 0 Å². The van der Waals surface area contributed by atoms with Gasteiger partial charge in [-0.2, -0.15) is 0 Å². The number of benzene rings is 1. The van der Waals surface area contributed by atoms with Crippen LogP contribution in [0.25, 0.3) is 0 Å². The molecule has 0 aliphatic carbocycles. The lowest BCUT2D eigenvalue weighted by Crippen LogP contribution is -2.12. The van der Waals surface area contributed by atoms with Crippen molar-refractivity contribution in [3.63, 3.8) is 0 Å². The van der Waals surface area contributed by atoms with E-state index in [9.17, 15) is 0 Å². The molecule has 0 heterocycles. The van der Waals surface area contributed by atoms with E-state index in [1.54, 1.807) is 0 Å². The van der Waals surface area contributed by atoms with Crippen LogP contribution in [0.5, 0.6) is 0 Å². The maximum absolute atomic E-state index is 5.88. The molecule has 1 unspecified atom stereocenters. The molecule has 1 atom stereocenters. The van der Waals surface area contributed by atoms with Crippen LogP contribution >= 0.6 is 22.6 Å². The summed E-state index contributed by atoms with van der Waals surface area (Å²) in [4.78, 5) is 0. The highest BCUT2D eigenvalue weighted by Crippen LogP contribution is 2.20. The molecule has 0 aromatic heterocycles. The van der Waals surface area contributed by atoms with E-state index >= 15 is 0 Å². The summed E-state index contributed by atoms with van der Waals surface area (Å²) in [6.07, 6.45) is 0.174. The highest BCUT2D eigenvalue weighted by molar-refractivity contribution is 14.1. The number of hydrogen-bond donors (Lipinski definition) is 0. The number of hydrogen-bond acceptors (Lipinski definition) is 2. The first-order valence-corrected chi connectivity index (χ1v) is 7.98. The molecule has 0 saturated heterocycles. The fraction of sp³-hybridized carbons (Fsp3) is 0.600.